The van der Waals surface area contributed by atoms with E-state index < -0.39 is 11.2 Å². The molecule has 2 aromatic carbocycles. The minimum Gasteiger partial charge on any atom is -0.444 e. The molecule has 0 aliphatic carbocycles. The zero-order valence-electron chi connectivity index (χ0n) is 28.1. The van der Waals surface area contributed by atoms with Crippen LogP contribution in [0.25, 0.3) is 33.4 Å². The van der Waals surface area contributed by atoms with Crippen molar-refractivity contribution in [2.75, 3.05) is 13.1 Å². The Morgan fingerprint density at radius 3 is 1.83 bits per heavy atom. The summed E-state index contributed by atoms with van der Waals surface area (Å²) >= 11 is 0. The molecule has 244 valence electrons. The van der Waals surface area contributed by atoms with Gasteiger partial charge in [0.1, 0.15) is 22.9 Å². The number of hydrogen-bond donors (Lipinski definition) is 2. The molecule has 4 heterocycles. The summed E-state index contributed by atoms with van der Waals surface area (Å²) in [6.45, 7) is 14.8. The number of ether oxygens (including phenoxy) is 2. The summed E-state index contributed by atoms with van der Waals surface area (Å²) in [5.74, 6) is 1.60. The van der Waals surface area contributed by atoms with Gasteiger partial charge in [-0.15, -0.1) is 0 Å². The van der Waals surface area contributed by atoms with Gasteiger partial charge in [0.15, 0.2) is 0 Å². The summed E-state index contributed by atoms with van der Waals surface area (Å²) in [6, 6.07) is 14.4. The number of imidazole rings is 2. The molecule has 0 radical (unpaired) electrons. The molecule has 2 atom stereocenters. The first-order valence-corrected chi connectivity index (χ1v) is 16.5. The standard InChI is InChI=1S/C36H46N6O4/c1-8-25-30(40-32(37-25)29-12-10-20-42(29)34(44)46-36(5,6)7)23-15-13-22(14-16-23)24-17-18-26-27(21-24)39-31(38-26)28-11-9-19-41(28)33(43)45-35(2,3)4/h13-18,21,28-29H,8-12,19-20H2,1-7H3,(H,37,40)(H,38,39)/t28-,29-/m0/s1. The molecule has 0 bridgehead atoms. The minimum atomic E-state index is -0.544. The second-order valence-corrected chi connectivity index (χ2v) is 14.4. The van der Waals surface area contributed by atoms with Gasteiger partial charge in [0.25, 0.3) is 0 Å². The highest BCUT2D eigenvalue weighted by Gasteiger charge is 2.36. The van der Waals surface area contributed by atoms with E-state index in [0.717, 1.165) is 82.9 Å². The van der Waals surface area contributed by atoms with Gasteiger partial charge in [0.2, 0.25) is 0 Å². The highest BCUT2D eigenvalue weighted by molar-refractivity contribution is 5.83. The van der Waals surface area contributed by atoms with Crippen molar-refractivity contribution in [2.24, 2.45) is 0 Å². The number of rotatable bonds is 5. The Kier molecular flexibility index (Phi) is 8.33. The lowest BCUT2D eigenvalue weighted by atomic mass is 10.0. The molecule has 2 aliphatic heterocycles. The van der Waals surface area contributed by atoms with Crippen LogP contribution in [0.5, 0.6) is 0 Å². The molecule has 46 heavy (non-hydrogen) atoms. The third-order valence-electron chi connectivity index (χ3n) is 8.54. The summed E-state index contributed by atoms with van der Waals surface area (Å²) in [7, 11) is 0. The summed E-state index contributed by atoms with van der Waals surface area (Å²) in [5.41, 5.74) is 5.87. The molecule has 10 nitrogen and oxygen atoms in total. The third-order valence-corrected chi connectivity index (χ3v) is 8.54. The Balaban J connectivity index is 1.21. The molecule has 2 aliphatic rings. The number of aromatic nitrogens is 4. The lowest BCUT2D eigenvalue weighted by Crippen LogP contribution is -2.36. The minimum absolute atomic E-state index is 0.125. The molecule has 2 N–H and O–H groups in total. The van der Waals surface area contributed by atoms with Crippen molar-refractivity contribution < 1.29 is 19.1 Å². The van der Waals surface area contributed by atoms with Gasteiger partial charge in [-0.1, -0.05) is 37.3 Å². The van der Waals surface area contributed by atoms with E-state index in [-0.39, 0.29) is 24.3 Å². The van der Waals surface area contributed by atoms with E-state index in [9.17, 15) is 9.59 Å². The lowest BCUT2D eigenvalue weighted by molar-refractivity contribution is 0.0208. The van der Waals surface area contributed by atoms with E-state index in [1.165, 1.54) is 0 Å². The number of H-pyrrole nitrogens is 2. The number of aromatic amines is 2. The maximum absolute atomic E-state index is 12.9. The Morgan fingerprint density at radius 2 is 1.28 bits per heavy atom. The maximum Gasteiger partial charge on any atom is 0.410 e. The molecule has 2 saturated heterocycles. The van der Waals surface area contributed by atoms with Crippen LogP contribution in [0.4, 0.5) is 9.59 Å². The number of nitrogens with zero attached hydrogens (tertiary/aromatic N) is 4. The van der Waals surface area contributed by atoms with Crippen molar-refractivity contribution in [3.05, 3.63) is 59.8 Å². The molecule has 4 aromatic rings. The quantitative estimate of drug-likeness (QED) is 0.230. The first-order valence-electron chi connectivity index (χ1n) is 16.5. The number of benzene rings is 2. The molecule has 0 saturated carbocycles. The SMILES string of the molecule is CCc1[nH]c([C@@H]2CCCN2C(=O)OC(C)(C)C)nc1-c1ccc(-c2ccc3nc([C@@H]4CCCN4C(=O)OC(C)(C)C)[nH]c3c2)cc1. The Bertz CT molecular complexity index is 1730. The van der Waals surface area contributed by atoms with Gasteiger partial charge in [-0.05, 0) is 96.9 Å². The van der Waals surface area contributed by atoms with Crippen LogP contribution in [-0.2, 0) is 15.9 Å². The molecule has 6 rings (SSSR count). The molecule has 2 amide bonds. The lowest BCUT2D eigenvalue weighted by Gasteiger charge is -2.27. The highest BCUT2D eigenvalue weighted by Crippen LogP contribution is 2.36. The zero-order chi connectivity index (χ0) is 32.8. The average Bonchev–Trinajstić information content (AvgIpc) is 3.79. The fraction of sp³-hybridized carbons (Fsp3) is 0.500. The van der Waals surface area contributed by atoms with Gasteiger partial charge in [0.05, 0.1) is 28.8 Å². The van der Waals surface area contributed by atoms with E-state index >= 15 is 0 Å². The molecular weight excluding hydrogens is 580 g/mol. The topological polar surface area (TPSA) is 116 Å². The molecule has 2 fully saturated rings. The highest BCUT2D eigenvalue weighted by atomic mass is 16.6. The zero-order valence-corrected chi connectivity index (χ0v) is 28.1. The van der Waals surface area contributed by atoms with Gasteiger partial charge in [-0.3, -0.25) is 9.80 Å². The first-order chi connectivity index (χ1) is 21.8. The number of amides is 2. The number of likely N-dealkylation sites (tertiary alicyclic amines) is 2. The van der Waals surface area contributed by atoms with Crippen LogP contribution >= 0.6 is 0 Å². The van der Waals surface area contributed by atoms with Gasteiger partial charge in [0, 0.05) is 24.3 Å². The van der Waals surface area contributed by atoms with Crippen molar-refractivity contribution in [1.82, 2.24) is 29.7 Å². The van der Waals surface area contributed by atoms with Gasteiger partial charge >= 0.3 is 12.2 Å². The Labute approximate surface area is 270 Å². The summed E-state index contributed by atoms with van der Waals surface area (Å²) in [5, 5.41) is 0. The second kappa shape index (κ2) is 12.1. The number of aryl methyl sites for hydroxylation is 1. The van der Waals surface area contributed by atoms with E-state index in [0.29, 0.717) is 13.1 Å². The van der Waals surface area contributed by atoms with Crippen LogP contribution in [0.15, 0.2) is 42.5 Å². The number of hydrogen-bond acceptors (Lipinski definition) is 6. The van der Waals surface area contributed by atoms with Crippen molar-refractivity contribution in [1.29, 1.82) is 0 Å². The average molecular weight is 627 g/mol. The van der Waals surface area contributed by atoms with Crippen molar-refractivity contribution >= 4 is 23.2 Å². The van der Waals surface area contributed by atoms with Crippen LogP contribution in [-0.4, -0.2) is 66.2 Å². The summed E-state index contributed by atoms with van der Waals surface area (Å²) in [6.07, 6.45) is 3.75. The maximum atomic E-state index is 12.9. The fourth-order valence-electron chi connectivity index (χ4n) is 6.45. The monoisotopic (exact) mass is 626 g/mol. The van der Waals surface area contributed by atoms with Gasteiger partial charge < -0.3 is 19.4 Å². The predicted octanol–water partition coefficient (Wildman–Crippen LogP) is 8.33. The predicted molar refractivity (Wildman–Crippen MR) is 178 cm³/mol. The van der Waals surface area contributed by atoms with Crippen LogP contribution in [0.1, 0.15) is 104 Å². The Hall–Kier alpha value is -4.34. The van der Waals surface area contributed by atoms with Crippen molar-refractivity contribution in [2.45, 2.75) is 104 Å². The number of carbonyl (C=O) groups is 2. The van der Waals surface area contributed by atoms with Gasteiger partial charge in [-0.2, -0.15) is 0 Å². The fourth-order valence-corrected chi connectivity index (χ4v) is 6.45. The largest absolute Gasteiger partial charge is 0.444 e. The second-order valence-electron chi connectivity index (χ2n) is 14.4. The molecule has 0 unspecified atom stereocenters. The van der Waals surface area contributed by atoms with Gasteiger partial charge in [-0.25, -0.2) is 19.6 Å². The summed E-state index contributed by atoms with van der Waals surface area (Å²) < 4.78 is 11.3. The van der Waals surface area contributed by atoms with Crippen molar-refractivity contribution in [3.8, 4) is 22.4 Å². The molecular formula is C36H46N6O4. The van der Waals surface area contributed by atoms with Crippen LogP contribution in [0.3, 0.4) is 0 Å². The van der Waals surface area contributed by atoms with E-state index in [4.69, 9.17) is 19.4 Å². The molecule has 2 aromatic heterocycles. The number of fused-ring (bicyclic) bond motifs is 1. The Morgan fingerprint density at radius 1 is 0.761 bits per heavy atom. The summed E-state index contributed by atoms with van der Waals surface area (Å²) in [4.78, 5) is 46.3. The number of nitrogens with one attached hydrogen (secondary N) is 2. The van der Waals surface area contributed by atoms with Crippen LogP contribution < -0.4 is 0 Å². The number of carbonyl (C=O) groups excluding carboxylic acids is 2. The van der Waals surface area contributed by atoms with Crippen LogP contribution in [0.2, 0.25) is 0 Å². The van der Waals surface area contributed by atoms with Crippen LogP contribution in [0, 0.1) is 0 Å². The van der Waals surface area contributed by atoms with Crippen molar-refractivity contribution in [3.63, 3.8) is 0 Å². The molecule has 10 heteroatoms. The van der Waals surface area contributed by atoms with E-state index in [1.54, 1.807) is 9.80 Å². The van der Waals surface area contributed by atoms with E-state index in [1.807, 2.05) is 47.6 Å². The molecule has 0 spiro atoms. The third kappa shape index (κ3) is 6.62. The normalized spacial score (nSPS) is 18.8. The van der Waals surface area contributed by atoms with E-state index in [2.05, 4.69) is 53.3 Å². The first kappa shape index (κ1) is 31.6. The smallest absolute Gasteiger partial charge is 0.410 e.